The Balaban J connectivity index is 1.91. The minimum absolute atomic E-state index is 0.0530. The predicted octanol–water partition coefficient (Wildman–Crippen LogP) is 4.15. The highest BCUT2D eigenvalue weighted by molar-refractivity contribution is 9.08. The summed E-state index contributed by atoms with van der Waals surface area (Å²) in [5, 5.41) is 3.70. The number of rotatable bonds is 5. The Morgan fingerprint density at radius 3 is 2.42 bits per heavy atom. The van der Waals surface area contributed by atoms with Crippen molar-refractivity contribution in [2.45, 2.75) is 18.2 Å². The van der Waals surface area contributed by atoms with Gasteiger partial charge in [0.15, 0.2) is 0 Å². The van der Waals surface area contributed by atoms with Gasteiger partial charge in [-0.15, -0.1) is 0 Å². The number of halogens is 1. The topological polar surface area (TPSA) is 29.1 Å². The van der Waals surface area contributed by atoms with Crippen LogP contribution in [0.5, 0.6) is 0 Å². The van der Waals surface area contributed by atoms with Crippen molar-refractivity contribution >= 4 is 27.5 Å². The summed E-state index contributed by atoms with van der Waals surface area (Å²) in [6.07, 6.45) is 1.27. The maximum Gasteiger partial charge on any atom is 0.224 e. The zero-order valence-electron chi connectivity index (χ0n) is 10.6. The smallest absolute Gasteiger partial charge is 0.224 e. The Bertz CT molecular complexity index is 539. The van der Waals surface area contributed by atoms with Gasteiger partial charge >= 0.3 is 0 Å². The standard InChI is InChI=1S/C16H16BrNO/c17-12-14-8-4-5-9-15(14)18-16(19)11-10-13-6-2-1-3-7-13/h1-9H,10-12H2,(H,18,19). The predicted molar refractivity (Wildman–Crippen MR) is 82.5 cm³/mol. The molecule has 1 N–H and O–H groups in total. The van der Waals surface area contributed by atoms with E-state index in [-0.39, 0.29) is 5.91 Å². The third-order valence-corrected chi connectivity index (χ3v) is 3.52. The highest BCUT2D eigenvalue weighted by Crippen LogP contribution is 2.18. The first-order valence-corrected chi connectivity index (χ1v) is 7.39. The summed E-state index contributed by atoms with van der Waals surface area (Å²) in [4.78, 5) is 11.9. The fourth-order valence-electron chi connectivity index (χ4n) is 1.87. The minimum atomic E-state index is 0.0530. The van der Waals surface area contributed by atoms with Crippen molar-refractivity contribution in [1.29, 1.82) is 0 Å². The average Bonchev–Trinajstić information content (AvgIpc) is 2.47. The molecule has 2 nitrogen and oxygen atoms in total. The second-order valence-corrected chi connectivity index (χ2v) is 4.89. The third kappa shape index (κ3) is 4.21. The molecule has 0 fully saturated rings. The van der Waals surface area contributed by atoms with Crippen LogP contribution in [-0.2, 0) is 16.5 Å². The van der Waals surface area contributed by atoms with Crippen LogP contribution in [0.15, 0.2) is 54.6 Å². The molecule has 0 aromatic heterocycles. The van der Waals surface area contributed by atoms with Crippen LogP contribution in [0.3, 0.4) is 0 Å². The van der Waals surface area contributed by atoms with E-state index in [4.69, 9.17) is 0 Å². The number of hydrogen-bond donors (Lipinski definition) is 1. The van der Waals surface area contributed by atoms with Gasteiger partial charge in [0.1, 0.15) is 0 Å². The zero-order chi connectivity index (χ0) is 13.5. The van der Waals surface area contributed by atoms with Gasteiger partial charge in [-0.25, -0.2) is 0 Å². The summed E-state index contributed by atoms with van der Waals surface area (Å²) < 4.78 is 0. The van der Waals surface area contributed by atoms with Crippen molar-refractivity contribution in [3.63, 3.8) is 0 Å². The lowest BCUT2D eigenvalue weighted by atomic mass is 10.1. The van der Waals surface area contributed by atoms with E-state index in [2.05, 4.69) is 21.2 Å². The summed E-state index contributed by atoms with van der Waals surface area (Å²) >= 11 is 3.42. The van der Waals surface area contributed by atoms with Crippen LogP contribution in [0.2, 0.25) is 0 Å². The number of para-hydroxylation sites is 1. The van der Waals surface area contributed by atoms with E-state index >= 15 is 0 Å². The summed E-state index contributed by atoms with van der Waals surface area (Å²) in [6.45, 7) is 0. The quantitative estimate of drug-likeness (QED) is 0.824. The summed E-state index contributed by atoms with van der Waals surface area (Å²) in [6, 6.07) is 17.9. The van der Waals surface area contributed by atoms with Crippen LogP contribution < -0.4 is 5.32 Å². The average molecular weight is 318 g/mol. The van der Waals surface area contributed by atoms with Crippen molar-refractivity contribution in [1.82, 2.24) is 0 Å². The first-order chi connectivity index (χ1) is 9.29. The van der Waals surface area contributed by atoms with E-state index in [0.29, 0.717) is 6.42 Å². The van der Waals surface area contributed by atoms with Gasteiger partial charge in [-0.05, 0) is 23.6 Å². The molecule has 2 aromatic carbocycles. The van der Waals surface area contributed by atoms with E-state index in [1.165, 1.54) is 5.56 Å². The summed E-state index contributed by atoms with van der Waals surface area (Å²) in [5.41, 5.74) is 3.17. The van der Waals surface area contributed by atoms with Crippen LogP contribution in [-0.4, -0.2) is 5.91 Å². The number of hydrogen-bond acceptors (Lipinski definition) is 1. The third-order valence-electron chi connectivity index (χ3n) is 2.92. The normalized spacial score (nSPS) is 10.2. The molecule has 0 bridgehead atoms. The number of nitrogens with one attached hydrogen (secondary N) is 1. The van der Waals surface area contributed by atoms with Gasteiger partial charge < -0.3 is 5.32 Å². The van der Waals surface area contributed by atoms with Gasteiger partial charge in [0, 0.05) is 17.4 Å². The lowest BCUT2D eigenvalue weighted by Gasteiger charge is -2.09. The van der Waals surface area contributed by atoms with Crippen molar-refractivity contribution in [3.8, 4) is 0 Å². The van der Waals surface area contributed by atoms with Crippen molar-refractivity contribution in [2.75, 3.05) is 5.32 Å². The van der Waals surface area contributed by atoms with Gasteiger partial charge in [0.05, 0.1) is 0 Å². The lowest BCUT2D eigenvalue weighted by Crippen LogP contribution is -2.13. The number of benzene rings is 2. The molecule has 0 saturated heterocycles. The lowest BCUT2D eigenvalue weighted by molar-refractivity contribution is -0.116. The maximum atomic E-state index is 11.9. The molecule has 0 heterocycles. The molecule has 98 valence electrons. The van der Waals surface area contributed by atoms with Gasteiger partial charge in [-0.1, -0.05) is 64.5 Å². The van der Waals surface area contributed by atoms with E-state index in [1.54, 1.807) is 0 Å². The number of carbonyl (C=O) groups excluding carboxylic acids is 1. The second kappa shape index (κ2) is 7.10. The molecular weight excluding hydrogens is 302 g/mol. The first-order valence-electron chi connectivity index (χ1n) is 6.27. The number of aryl methyl sites for hydroxylation is 1. The van der Waals surface area contributed by atoms with Crippen LogP contribution in [0.1, 0.15) is 17.5 Å². The zero-order valence-corrected chi connectivity index (χ0v) is 12.2. The Morgan fingerprint density at radius 1 is 1.00 bits per heavy atom. The highest BCUT2D eigenvalue weighted by Gasteiger charge is 2.05. The molecule has 3 heteroatoms. The SMILES string of the molecule is O=C(CCc1ccccc1)Nc1ccccc1CBr. The van der Waals surface area contributed by atoms with Crippen LogP contribution in [0, 0.1) is 0 Å². The molecule has 0 aliphatic carbocycles. The molecule has 2 aromatic rings. The maximum absolute atomic E-state index is 11.9. The number of alkyl halides is 1. The molecular formula is C16H16BrNO. The largest absolute Gasteiger partial charge is 0.326 e. The van der Waals surface area contributed by atoms with Gasteiger partial charge in [-0.2, -0.15) is 0 Å². The van der Waals surface area contributed by atoms with E-state index in [9.17, 15) is 4.79 Å². The van der Waals surface area contributed by atoms with Gasteiger partial charge in [-0.3, -0.25) is 4.79 Å². The number of anilines is 1. The van der Waals surface area contributed by atoms with Gasteiger partial charge in [0.25, 0.3) is 0 Å². The molecule has 0 aliphatic heterocycles. The van der Waals surface area contributed by atoms with Crippen molar-refractivity contribution in [3.05, 3.63) is 65.7 Å². The Hall–Kier alpha value is -1.61. The molecule has 1 amide bonds. The van der Waals surface area contributed by atoms with Crippen molar-refractivity contribution in [2.24, 2.45) is 0 Å². The molecule has 2 rings (SSSR count). The molecule has 0 saturated carbocycles. The van der Waals surface area contributed by atoms with Crippen LogP contribution in [0.25, 0.3) is 0 Å². The summed E-state index contributed by atoms with van der Waals surface area (Å²) in [5.74, 6) is 0.0530. The Morgan fingerprint density at radius 2 is 1.68 bits per heavy atom. The second-order valence-electron chi connectivity index (χ2n) is 4.32. The molecule has 19 heavy (non-hydrogen) atoms. The number of carbonyl (C=O) groups is 1. The Kier molecular flexibility index (Phi) is 5.16. The fourth-order valence-corrected chi connectivity index (χ4v) is 2.36. The molecule has 0 unspecified atom stereocenters. The van der Waals surface area contributed by atoms with Crippen molar-refractivity contribution < 1.29 is 4.79 Å². The molecule has 0 spiro atoms. The van der Waals surface area contributed by atoms with E-state index in [0.717, 1.165) is 23.0 Å². The minimum Gasteiger partial charge on any atom is -0.326 e. The van der Waals surface area contributed by atoms with Gasteiger partial charge in [0.2, 0.25) is 5.91 Å². The number of amides is 1. The fraction of sp³-hybridized carbons (Fsp3) is 0.188. The summed E-state index contributed by atoms with van der Waals surface area (Å²) in [7, 11) is 0. The van der Waals surface area contributed by atoms with E-state index < -0.39 is 0 Å². The Labute approximate surface area is 122 Å². The monoisotopic (exact) mass is 317 g/mol. The molecule has 0 aliphatic rings. The van der Waals surface area contributed by atoms with E-state index in [1.807, 2.05) is 54.6 Å². The molecule has 0 atom stereocenters. The highest BCUT2D eigenvalue weighted by atomic mass is 79.9. The van der Waals surface area contributed by atoms with Crippen LogP contribution >= 0.6 is 15.9 Å². The van der Waals surface area contributed by atoms with Crippen LogP contribution in [0.4, 0.5) is 5.69 Å². The molecule has 0 radical (unpaired) electrons. The first kappa shape index (κ1) is 13.8.